The third kappa shape index (κ3) is 3.36. The first-order valence-corrected chi connectivity index (χ1v) is 6.33. The molecule has 1 aliphatic rings. The number of carbonyl (C=O) groups excluding carboxylic acids is 1. The van der Waals surface area contributed by atoms with Crippen LogP contribution in [0.4, 0.5) is 16.2 Å². The quantitative estimate of drug-likeness (QED) is 0.580. The number of urea groups is 1. The molecule has 6 heteroatoms. The molecule has 2 rings (SSSR count). The van der Waals surface area contributed by atoms with Crippen LogP contribution < -0.4 is 10.6 Å². The smallest absolute Gasteiger partial charge is 0.324 e. The SMILES string of the molecule is Nc1ccc(N2CCN(CCOCCO)C2=O)cc1. The Hall–Kier alpha value is -1.79. The van der Waals surface area contributed by atoms with Crippen LogP contribution in [0, 0.1) is 0 Å². The molecule has 0 aliphatic carbocycles. The molecular formula is C13H19N3O3. The van der Waals surface area contributed by atoms with E-state index in [9.17, 15) is 4.79 Å². The molecule has 1 fully saturated rings. The van der Waals surface area contributed by atoms with Gasteiger partial charge in [-0.15, -0.1) is 0 Å². The van der Waals surface area contributed by atoms with Gasteiger partial charge in [-0.05, 0) is 24.3 Å². The van der Waals surface area contributed by atoms with Gasteiger partial charge >= 0.3 is 6.03 Å². The van der Waals surface area contributed by atoms with E-state index in [0.717, 1.165) is 5.69 Å². The molecule has 1 aromatic carbocycles. The lowest BCUT2D eigenvalue weighted by Gasteiger charge is -2.18. The maximum atomic E-state index is 12.2. The van der Waals surface area contributed by atoms with Crippen molar-refractivity contribution in [1.82, 2.24) is 4.90 Å². The van der Waals surface area contributed by atoms with Gasteiger partial charge in [0.2, 0.25) is 0 Å². The summed E-state index contributed by atoms with van der Waals surface area (Å²) in [6.07, 6.45) is 0. The predicted molar refractivity (Wildman–Crippen MR) is 73.1 cm³/mol. The van der Waals surface area contributed by atoms with E-state index in [2.05, 4.69) is 0 Å². The Bertz CT molecular complexity index is 422. The molecule has 0 unspecified atom stereocenters. The number of nitrogen functional groups attached to an aromatic ring is 1. The van der Waals surface area contributed by atoms with Crippen LogP contribution in [0.3, 0.4) is 0 Å². The van der Waals surface area contributed by atoms with Crippen molar-refractivity contribution in [1.29, 1.82) is 0 Å². The lowest BCUT2D eigenvalue weighted by atomic mass is 10.2. The van der Waals surface area contributed by atoms with Gasteiger partial charge in [-0.25, -0.2) is 4.79 Å². The van der Waals surface area contributed by atoms with Crippen molar-refractivity contribution in [2.75, 3.05) is 50.1 Å². The molecule has 2 amide bonds. The van der Waals surface area contributed by atoms with Crippen LogP contribution in [0.1, 0.15) is 0 Å². The van der Waals surface area contributed by atoms with Crippen LogP contribution in [0.25, 0.3) is 0 Å². The van der Waals surface area contributed by atoms with Crippen molar-refractivity contribution in [3.05, 3.63) is 24.3 Å². The highest BCUT2D eigenvalue weighted by molar-refractivity contribution is 5.94. The maximum absolute atomic E-state index is 12.2. The summed E-state index contributed by atoms with van der Waals surface area (Å²) in [6.45, 7) is 2.66. The molecule has 6 nitrogen and oxygen atoms in total. The van der Waals surface area contributed by atoms with Gasteiger partial charge in [-0.2, -0.15) is 0 Å². The number of ether oxygens (including phenoxy) is 1. The van der Waals surface area contributed by atoms with Gasteiger partial charge in [-0.3, -0.25) is 4.90 Å². The molecule has 0 aromatic heterocycles. The van der Waals surface area contributed by atoms with Crippen molar-refractivity contribution in [3.63, 3.8) is 0 Å². The number of hydrogen-bond donors (Lipinski definition) is 2. The first kappa shape index (κ1) is 13.6. The fraction of sp³-hybridized carbons (Fsp3) is 0.462. The Morgan fingerprint density at radius 1 is 1.21 bits per heavy atom. The van der Waals surface area contributed by atoms with Crippen LogP contribution >= 0.6 is 0 Å². The molecule has 19 heavy (non-hydrogen) atoms. The van der Waals surface area contributed by atoms with Gasteiger partial charge in [0.1, 0.15) is 0 Å². The van der Waals surface area contributed by atoms with Gasteiger partial charge in [0.15, 0.2) is 0 Å². The fourth-order valence-corrected chi connectivity index (χ4v) is 2.03. The van der Waals surface area contributed by atoms with Gasteiger partial charge in [0.05, 0.1) is 19.8 Å². The van der Waals surface area contributed by atoms with E-state index < -0.39 is 0 Å². The summed E-state index contributed by atoms with van der Waals surface area (Å²) in [7, 11) is 0. The Balaban J connectivity index is 1.88. The second-order valence-electron chi connectivity index (χ2n) is 4.35. The number of anilines is 2. The van der Waals surface area contributed by atoms with Crippen LogP contribution in [-0.2, 0) is 4.74 Å². The number of amides is 2. The Kier molecular flexibility index (Phi) is 4.59. The monoisotopic (exact) mass is 265 g/mol. The third-order valence-corrected chi connectivity index (χ3v) is 3.04. The molecule has 0 atom stereocenters. The van der Waals surface area contributed by atoms with E-state index in [1.165, 1.54) is 0 Å². The second kappa shape index (κ2) is 6.40. The number of rotatable bonds is 6. The molecular weight excluding hydrogens is 246 g/mol. The van der Waals surface area contributed by atoms with E-state index in [1.807, 2.05) is 12.1 Å². The summed E-state index contributed by atoms with van der Waals surface area (Å²) in [5.74, 6) is 0. The van der Waals surface area contributed by atoms with Gasteiger partial charge in [0, 0.05) is 31.0 Å². The molecule has 0 radical (unpaired) electrons. The molecule has 0 bridgehead atoms. The van der Waals surface area contributed by atoms with E-state index in [4.69, 9.17) is 15.6 Å². The molecule has 1 heterocycles. The number of aliphatic hydroxyl groups excluding tert-OH is 1. The van der Waals surface area contributed by atoms with Crippen molar-refractivity contribution in [2.45, 2.75) is 0 Å². The zero-order chi connectivity index (χ0) is 13.7. The molecule has 1 saturated heterocycles. The Morgan fingerprint density at radius 2 is 1.95 bits per heavy atom. The topological polar surface area (TPSA) is 79.0 Å². The molecule has 0 spiro atoms. The predicted octanol–water partition coefficient (Wildman–Crippen LogP) is 0.520. The Labute approximate surface area is 112 Å². The Morgan fingerprint density at radius 3 is 2.63 bits per heavy atom. The zero-order valence-electron chi connectivity index (χ0n) is 10.8. The minimum atomic E-state index is -0.0163. The summed E-state index contributed by atoms with van der Waals surface area (Å²) < 4.78 is 5.17. The minimum Gasteiger partial charge on any atom is -0.399 e. The highest BCUT2D eigenvalue weighted by atomic mass is 16.5. The largest absolute Gasteiger partial charge is 0.399 e. The molecule has 104 valence electrons. The van der Waals surface area contributed by atoms with Crippen molar-refractivity contribution < 1.29 is 14.6 Å². The number of nitrogens with zero attached hydrogens (tertiary/aromatic N) is 2. The molecule has 0 saturated carbocycles. The highest BCUT2D eigenvalue weighted by Crippen LogP contribution is 2.21. The van der Waals surface area contributed by atoms with E-state index in [1.54, 1.807) is 21.9 Å². The van der Waals surface area contributed by atoms with Crippen molar-refractivity contribution >= 4 is 17.4 Å². The van der Waals surface area contributed by atoms with E-state index in [-0.39, 0.29) is 12.6 Å². The number of hydrogen-bond acceptors (Lipinski definition) is 4. The summed E-state index contributed by atoms with van der Waals surface area (Å²) in [5.41, 5.74) is 7.17. The number of nitrogens with two attached hydrogens (primary N) is 1. The molecule has 1 aromatic rings. The van der Waals surface area contributed by atoms with Crippen molar-refractivity contribution in [3.8, 4) is 0 Å². The maximum Gasteiger partial charge on any atom is 0.324 e. The summed E-state index contributed by atoms with van der Waals surface area (Å²) in [5, 5.41) is 8.60. The number of aliphatic hydroxyl groups is 1. The van der Waals surface area contributed by atoms with E-state index in [0.29, 0.717) is 38.5 Å². The summed E-state index contributed by atoms with van der Waals surface area (Å²) in [4.78, 5) is 15.6. The van der Waals surface area contributed by atoms with Gasteiger partial charge in [0.25, 0.3) is 0 Å². The van der Waals surface area contributed by atoms with Crippen LogP contribution in [-0.4, -0.2) is 55.5 Å². The highest BCUT2D eigenvalue weighted by Gasteiger charge is 2.28. The fourth-order valence-electron chi connectivity index (χ4n) is 2.03. The average Bonchev–Trinajstić information content (AvgIpc) is 2.77. The number of benzene rings is 1. The second-order valence-corrected chi connectivity index (χ2v) is 4.35. The zero-order valence-corrected chi connectivity index (χ0v) is 10.8. The first-order valence-electron chi connectivity index (χ1n) is 6.33. The average molecular weight is 265 g/mol. The lowest BCUT2D eigenvalue weighted by molar-refractivity contribution is 0.0821. The summed E-state index contributed by atoms with van der Waals surface area (Å²) >= 11 is 0. The lowest BCUT2D eigenvalue weighted by Crippen LogP contribution is -2.34. The first-order chi connectivity index (χ1) is 9.22. The number of carbonyl (C=O) groups is 1. The summed E-state index contributed by atoms with van der Waals surface area (Å²) in [6, 6.07) is 7.25. The standard InChI is InChI=1S/C13H19N3O3/c14-11-1-3-12(4-2-11)16-6-5-15(13(16)18)7-9-19-10-8-17/h1-4,17H,5-10,14H2. The van der Waals surface area contributed by atoms with Crippen molar-refractivity contribution in [2.24, 2.45) is 0 Å². The van der Waals surface area contributed by atoms with Crippen LogP contribution in [0.2, 0.25) is 0 Å². The van der Waals surface area contributed by atoms with E-state index >= 15 is 0 Å². The molecule has 3 N–H and O–H groups in total. The van der Waals surface area contributed by atoms with Crippen LogP contribution in [0.5, 0.6) is 0 Å². The minimum absolute atomic E-state index is 0.00547. The molecule has 1 aliphatic heterocycles. The van der Waals surface area contributed by atoms with Gasteiger partial charge in [-0.1, -0.05) is 0 Å². The van der Waals surface area contributed by atoms with Gasteiger partial charge < -0.3 is 20.5 Å². The normalized spacial score (nSPS) is 15.3. The van der Waals surface area contributed by atoms with Crippen LogP contribution in [0.15, 0.2) is 24.3 Å². The third-order valence-electron chi connectivity index (χ3n) is 3.04.